The molecule has 1 rings (SSSR count). The van der Waals surface area contributed by atoms with Gasteiger partial charge in [-0.05, 0) is 18.6 Å². The SMILES string of the molecule is CCCC(C(=O)Nc1ccc(OC)cc1OC)C(N)=NO. The van der Waals surface area contributed by atoms with E-state index in [1.165, 1.54) is 7.11 Å². The number of hydrogen-bond acceptors (Lipinski definition) is 5. The summed E-state index contributed by atoms with van der Waals surface area (Å²) in [7, 11) is 3.04. The fourth-order valence-corrected chi connectivity index (χ4v) is 1.89. The number of amides is 1. The number of benzene rings is 1. The Morgan fingerprint density at radius 2 is 2.14 bits per heavy atom. The molecule has 4 N–H and O–H groups in total. The Morgan fingerprint density at radius 3 is 2.67 bits per heavy atom. The molecule has 0 saturated carbocycles. The van der Waals surface area contributed by atoms with Gasteiger partial charge in [0.2, 0.25) is 5.91 Å². The molecule has 21 heavy (non-hydrogen) atoms. The first-order valence-corrected chi connectivity index (χ1v) is 6.57. The van der Waals surface area contributed by atoms with Crippen LogP contribution in [0.1, 0.15) is 19.8 Å². The highest BCUT2D eigenvalue weighted by Gasteiger charge is 2.23. The smallest absolute Gasteiger partial charge is 0.235 e. The van der Waals surface area contributed by atoms with E-state index >= 15 is 0 Å². The van der Waals surface area contributed by atoms with E-state index < -0.39 is 5.92 Å². The number of amidine groups is 1. The Hall–Kier alpha value is -2.44. The molecule has 116 valence electrons. The molecule has 0 bridgehead atoms. The maximum absolute atomic E-state index is 12.3. The summed E-state index contributed by atoms with van der Waals surface area (Å²) in [5.74, 6) is -0.0619. The minimum atomic E-state index is -0.688. The Labute approximate surface area is 123 Å². The van der Waals surface area contributed by atoms with Crippen LogP contribution >= 0.6 is 0 Å². The highest BCUT2D eigenvalue weighted by atomic mass is 16.5. The van der Waals surface area contributed by atoms with Crippen LogP contribution in [0.15, 0.2) is 23.4 Å². The highest BCUT2D eigenvalue weighted by Crippen LogP contribution is 2.29. The van der Waals surface area contributed by atoms with Gasteiger partial charge in [0.1, 0.15) is 11.5 Å². The molecule has 0 saturated heterocycles. The maximum atomic E-state index is 12.3. The lowest BCUT2D eigenvalue weighted by Gasteiger charge is -2.16. The minimum absolute atomic E-state index is 0.109. The van der Waals surface area contributed by atoms with E-state index in [0.29, 0.717) is 23.6 Å². The van der Waals surface area contributed by atoms with Crippen molar-refractivity contribution < 1.29 is 19.5 Å². The van der Waals surface area contributed by atoms with Crippen LogP contribution in [0, 0.1) is 5.92 Å². The molecule has 0 aliphatic carbocycles. The zero-order valence-corrected chi connectivity index (χ0v) is 12.4. The van der Waals surface area contributed by atoms with Crippen LogP contribution in [-0.2, 0) is 4.79 Å². The molecule has 1 aromatic carbocycles. The number of hydrogen-bond donors (Lipinski definition) is 3. The first kappa shape index (κ1) is 16.6. The molecule has 0 aliphatic heterocycles. The third-order valence-electron chi connectivity index (χ3n) is 3.03. The third kappa shape index (κ3) is 4.27. The topological polar surface area (TPSA) is 106 Å². The van der Waals surface area contributed by atoms with E-state index in [4.69, 9.17) is 20.4 Å². The lowest BCUT2D eigenvalue weighted by molar-refractivity contribution is -0.118. The fourth-order valence-electron chi connectivity index (χ4n) is 1.89. The number of methoxy groups -OCH3 is 2. The van der Waals surface area contributed by atoms with E-state index in [-0.39, 0.29) is 11.7 Å². The average Bonchev–Trinajstić information content (AvgIpc) is 2.51. The second-order valence-corrected chi connectivity index (χ2v) is 4.42. The number of rotatable bonds is 7. The Morgan fingerprint density at radius 1 is 1.43 bits per heavy atom. The zero-order chi connectivity index (χ0) is 15.8. The summed E-state index contributed by atoms with van der Waals surface area (Å²) in [4.78, 5) is 12.3. The van der Waals surface area contributed by atoms with Crippen LogP contribution in [0.25, 0.3) is 0 Å². The molecule has 1 amide bonds. The van der Waals surface area contributed by atoms with Gasteiger partial charge in [-0.2, -0.15) is 0 Å². The molecule has 0 heterocycles. The number of nitrogens with one attached hydrogen (secondary N) is 1. The van der Waals surface area contributed by atoms with E-state index in [0.717, 1.165) is 6.42 Å². The van der Waals surface area contributed by atoms with Crippen molar-refractivity contribution >= 4 is 17.4 Å². The molecule has 1 atom stereocenters. The maximum Gasteiger partial charge on any atom is 0.235 e. The predicted octanol–water partition coefficient (Wildman–Crippen LogP) is 1.80. The second kappa shape index (κ2) is 7.98. The van der Waals surface area contributed by atoms with Gasteiger partial charge in [0, 0.05) is 6.07 Å². The molecule has 1 aromatic rings. The monoisotopic (exact) mass is 295 g/mol. The fraction of sp³-hybridized carbons (Fsp3) is 0.429. The summed E-state index contributed by atoms with van der Waals surface area (Å²) in [5.41, 5.74) is 6.06. The van der Waals surface area contributed by atoms with Gasteiger partial charge < -0.3 is 25.7 Å². The first-order valence-electron chi connectivity index (χ1n) is 6.57. The lowest BCUT2D eigenvalue weighted by Crippen LogP contribution is -2.34. The third-order valence-corrected chi connectivity index (χ3v) is 3.03. The van der Waals surface area contributed by atoms with Crippen LogP contribution in [0.3, 0.4) is 0 Å². The van der Waals surface area contributed by atoms with Gasteiger partial charge in [-0.3, -0.25) is 4.79 Å². The summed E-state index contributed by atoms with van der Waals surface area (Å²) in [6.45, 7) is 1.92. The molecule has 0 radical (unpaired) electrons. The van der Waals surface area contributed by atoms with Crippen LogP contribution in [0.2, 0.25) is 0 Å². The van der Waals surface area contributed by atoms with Crippen molar-refractivity contribution in [2.45, 2.75) is 19.8 Å². The van der Waals surface area contributed by atoms with Crippen molar-refractivity contribution in [2.24, 2.45) is 16.8 Å². The van der Waals surface area contributed by atoms with E-state index in [2.05, 4.69) is 10.5 Å². The van der Waals surface area contributed by atoms with Crippen LogP contribution in [0.4, 0.5) is 5.69 Å². The van der Waals surface area contributed by atoms with Crippen molar-refractivity contribution in [1.29, 1.82) is 0 Å². The standard InChI is InChI=1S/C14H21N3O4/c1-4-5-10(13(15)17-19)14(18)16-11-7-6-9(20-2)8-12(11)21-3/h6-8,10,19H,4-5H2,1-3H3,(H2,15,17)(H,16,18). The van der Waals surface area contributed by atoms with Crippen molar-refractivity contribution in [3.63, 3.8) is 0 Å². The van der Waals surface area contributed by atoms with E-state index in [1.807, 2.05) is 6.92 Å². The normalized spacial score (nSPS) is 12.6. The summed E-state index contributed by atoms with van der Waals surface area (Å²) in [6, 6.07) is 5.04. The quantitative estimate of drug-likeness (QED) is 0.308. The van der Waals surface area contributed by atoms with Crippen LogP contribution in [-0.4, -0.2) is 31.2 Å². The predicted molar refractivity (Wildman–Crippen MR) is 80.0 cm³/mol. The Balaban J connectivity index is 2.95. The number of carbonyl (C=O) groups excluding carboxylic acids is 1. The molecular weight excluding hydrogens is 274 g/mol. The molecular formula is C14H21N3O4. The average molecular weight is 295 g/mol. The largest absolute Gasteiger partial charge is 0.497 e. The van der Waals surface area contributed by atoms with Crippen molar-refractivity contribution in [3.05, 3.63) is 18.2 Å². The second-order valence-electron chi connectivity index (χ2n) is 4.42. The molecule has 0 aliphatic rings. The van der Waals surface area contributed by atoms with E-state index in [1.54, 1.807) is 25.3 Å². The number of oxime groups is 1. The number of nitrogens with zero attached hydrogens (tertiary/aromatic N) is 1. The molecule has 7 nitrogen and oxygen atoms in total. The number of ether oxygens (including phenoxy) is 2. The lowest BCUT2D eigenvalue weighted by atomic mass is 10.0. The van der Waals surface area contributed by atoms with Crippen LogP contribution in [0.5, 0.6) is 11.5 Å². The first-order chi connectivity index (χ1) is 10.1. The van der Waals surface area contributed by atoms with Crippen LogP contribution < -0.4 is 20.5 Å². The van der Waals surface area contributed by atoms with Gasteiger partial charge in [-0.15, -0.1) is 0 Å². The van der Waals surface area contributed by atoms with Crippen molar-refractivity contribution in [2.75, 3.05) is 19.5 Å². The Kier molecular flexibility index (Phi) is 6.32. The molecule has 0 fully saturated rings. The number of carbonyl (C=O) groups is 1. The van der Waals surface area contributed by atoms with E-state index in [9.17, 15) is 4.79 Å². The zero-order valence-electron chi connectivity index (χ0n) is 12.4. The summed E-state index contributed by atoms with van der Waals surface area (Å²) >= 11 is 0. The van der Waals surface area contributed by atoms with Crippen molar-refractivity contribution in [1.82, 2.24) is 0 Å². The molecule has 0 aromatic heterocycles. The summed E-state index contributed by atoms with van der Waals surface area (Å²) < 4.78 is 10.3. The van der Waals surface area contributed by atoms with Gasteiger partial charge in [-0.25, -0.2) is 0 Å². The molecule has 7 heteroatoms. The van der Waals surface area contributed by atoms with Gasteiger partial charge >= 0.3 is 0 Å². The van der Waals surface area contributed by atoms with Gasteiger partial charge in [-0.1, -0.05) is 18.5 Å². The van der Waals surface area contributed by atoms with Gasteiger partial charge in [0.25, 0.3) is 0 Å². The minimum Gasteiger partial charge on any atom is -0.497 e. The Bertz CT molecular complexity index is 517. The highest BCUT2D eigenvalue weighted by molar-refractivity contribution is 6.08. The summed E-state index contributed by atoms with van der Waals surface area (Å²) in [6.07, 6.45) is 1.22. The number of nitrogens with two attached hydrogens (primary N) is 1. The van der Waals surface area contributed by atoms with Gasteiger partial charge in [0.15, 0.2) is 5.84 Å². The van der Waals surface area contributed by atoms with Crippen molar-refractivity contribution in [3.8, 4) is 11.5 Å². The molecule has 1 unspecified atom stereocenters. The summed E-state index contributed by atoms with van der Waals surface area (Å²) in [5, 5.41) is 14.4. The number of anilines is 1. The van der Waals surface area contributed by atoms with Gasteiger partial charge in [0.05, 0.1) is 25.8 Å². The molecule has 0 spiro atoms.